The number of aliphatic hydroxyl groups is 1. The Bertz CT molecular complexity index is 538. The van der Waals surface area contributed by atoms with E-state index >= 15 is 0 Å². The third kappa shape index (κ3) is 3.18. The highest BCUT2D eigenvalue weighted by atomic mass is 16.3. The first-order valence-corrected chi connectivity index (χ1v) is 8.52. The van der Waals surface area contributed by atoms with Crippen LogP contribution in [0.3, 0.4) is 0 Å². The van der Waals surface area contributed by atoms with Crippen molar-refractivity contribution in [2.24, 2.45) is 0 Å². The van der Waals surface area contributed by atoms with E-state index in [2.05, 4.69) is 11.0 Å². The predicted octanol–water partition coefficient (Wildman–Crippen LogP) is 2.51. The summed E-state index contributed by atoms with van der Waals surface area (Å²) in [6.07, 6.45) is 4.80. The van der Waals surface area contributed by atoms with Crippen LogP contribution in [0, 0.1) is 0 Å². The topological polar surface area (TPSA) is 43.8 Å². The number of carbonyl (C=O) groups is 1. The van der Waals surface area contributed by atoms with Gasteiger partial charge >= 0.3 is 0 Å². The molecule has 4 nitrogen and oxygen atoms in total. The van der Waals surface area contributed by atoms with E-state index in [0.717, 1.165) is 43.9 Å². The van der Waals surface area contributed by atoms with Gasteiger partial charge in [-0.15, -0.1) is 0 Å². The molecule has 1 fully saturated rings. The lowest BCUT2D eigenvalue weighted by Gasteiger charge is -2.28. The van der Waals surface area contributed by atoms with Gasteiger partial charge < -0.3 is 14.9 Å². The summed E-state index contributed by atoms with van der Waals surface area (Å²) in [4.78, 5) is 16.2. The molecule has 3 rings (SSSR count). The number of likely N-dealkylation sites (tertiary alicyclic amines) is 1. The Labute approximate surface area is 132 Å². The minimum atomic E-state index is -0.431. The average Bonchev–Trinajstić information content (AvgIpc) is 2.98. The van der Waals surface area contributed by atoms with Crippen molar-refractivity contribution in [3.63, 3.8) is 0 Å². The van der Waals surface area contributed by atoms with E-state index < -0.39 is 6.10 Å². The third-order valence-electron chi connectivity index (χ3n) is 4.87. The van der Waals surface area contributed by atoms with Gasteiger partial charge in [0.05, 0.1) is 6.10 Å². The maximum Gasteiger partial charge on any atom is 0.226 e. The van der Waals surface area contributed by atoms with Gasteiger partial charge in [-0.2, -0.15) is 0 Å². The second-order valence-electron chi connectivity index (χ2n) is 6.41. The zero-order valence-electron chi connectivity index (χ0n) is 13.4. The van der Waals surface area contributed by atoms with Gasteiger partial charge in [0.25, 0.3) is 0 Å². The van der Waals surface area contributed by atoms with Crippen molar-refractivity contribution < 1.29 is 9.90 Å². The number of hydrogen-bond acceptors (Lipinski definition) is 3. The highest BCUT2D eigenvalue weighted by molar-refractivity contribution is 5.95. The van der Waals surface area contributed by atoms with E-state index in [9.17, 15) is 9.90 Å². The molecule has 120 valence electrons. The lowest BCUT2D eigenvalue weighted by Crippen LogP contribution is -2.33. The van der Waals surface area contributed by atoms with Crippen LogP contribution in [0.4, 0.5) is 5.69 Å². The van der Waals surface area contributed by atoms with Gasteiger partial charge in [0.1, 0.15) is 0 Å². The van der Waals surface area contributed by atoms with Crippen molar-refractivity contribution >= 4 is 11.6 Å². The second kappa shape index (κ2) is 6.80. The number of anilines is 1. The van der Waals surface area contributed by atoms with Crippen LogP contribution in [0.5, 0.6) is 0 Å². The Balaban J connectivity index is 1.69. The zero-order valence-corrected chi connectivity index (χ0v) is 13.4. The zero-order chi connectivity index (χ0) is 15.5. The molecule has 1 saturated heterocycles. The minimum Gasteiger partial charge on any atom is -0.387 e. The third-order valence-corrected chi connectivity index (χ3v) is 4.87. The van der Waals surface area contributed by atoms with E-state index in [1.165, 1.54) is 24.8 Å². The van der Waals surface area contributed by atoms with Crippen LogP contribution in [0.2, 0.25) is 0 Å². The summed E-state index contributed by atoms with van der Waals surface area (Å²) in [5.41, 5.74) is 3.20. The molecular weight excluding hydrogens is 276 g/mol. The molecule has 4 heteroatoms. The SMILES string of the molecule is CCC(=O)N1CCc2cc(C(O)CN3CCCCC3)ccc21. The van der Waals surface area contributed by atoms with E-state index in [0.29, 0.717) is 6.42 Å². The molecule has 1 atom stereocenters. The largest absolute Gasteiger partial charge is 0.387 e. The average molecular weight is 302 g/mol. The van der Waals surface area contributed by atoms with E-state index in [1.54, 1.807) is 0 Å². The Morgan fingerprint density at radius 2 is 2.00 bits per heavy atom. The van der Waals surface area contributed by atoms with Crippen molar-refractivity contribution in [2.75, 3.05) is 31.1 Å². The van der Waals surface area contributed by atoms with Gasteiger partial charge in [-0.1, -0.05) is 25.5 Å². The molecule has 1 unspecified atom stereocenters. The molecule has 1 aromatic rings. The Morgan fingerprint density at radius 1 is 1.23 bits per heavy atom. The Kier molecular flexibility index (Phi) is 4.79. The van der Waals surface area contributed by atoms with Crippen LogP contribution in [-0.2, 0) is 11.2 Å². The Hall–Kier alpha value is -1.39. The summed E-state index contributed by atoms with van der Waals surface area (Å²) >= 11 is 0. The van der Waals surface area contributed by atoms with Gasteiger partial charge in [0.15, 0.2) is 0 Å². The molecule has 1 amide bonds. The van der Waals surface area contributed by atoms with Gasteiger partial charge in [-0.3, -0.25) is 4.79 Å². The molecule has 0 saturated carbocycles. The summed E-state index contributed by atoms with van der Waals surface area (Å²) in [6, 6.07) is 6.08. The molecule has 2 heterocycles. The highest BCUT2D eigenvalue weighted by Crippen LogP contribution is 2.31. The van der Waals surface area contributed by atoms with Crippen molar-refractivity contribution in [3.8, 4) is 0 Å². The van der Waals surface area contributed by atoms with E-state index in [1.807, 2.05) is 24.0 Å². The monoisotopic (exact) mass is 302 g/mol. The Morgan fingerprint density at radius 3 is 2.73 bits per heavy atom. The summed E-state index contributed by atoms with van der Waals surface area (Å²) < 4.78 is 0. The molecule has 1 N–H and O–H groups in total. The van der Waals surface area contributed by atoms with Crippen LogP contribution < -0.4 is 4.90 Å². The number of amides is 1. The fourth-order valence-corrected chi connectivity index (χ4v) is 3.57. The molecule has 0 spiro atoms. The van der Waals surface area contributed by atoms with Crippen molar-refractivity contribution in [1.82, 2.24) is 4.90 Å². The summed E-state index contributed by atoms with van der Waals surface area (Å²) in [7, 11) is 0. The fourth-order valence-electron chi connectivity index (χ4n) is 3.57. The van der Waals surface area contributed by atoms with Crippen LogP contribution in [0.25, 0.3) is 0 Å². The lowest BCUT2D eigenvalue weighted by atomic mass is 10.0. The molecule has 0 radical (unpaired) electrons. The number of benzene rings is 1. The number of fused-ring (bicyclic) bond motifs is 1. The number of piperidine rings is 1. The molecule has 1 aromatic carbocycles. The smallest absolute Gasteiger partial charge is 0.226 e. The summed E-state index contributed by atoms with van der Waals surface area (Å²) in [6.45, 7) is 5.59. The molecular formula is C18H26N2O2. The van der Waals surface area contributed by atoms with Crippen LogP contribution in [-0.4, -0.2) is 42.1 Å². The number of nitrogens with zero attached hydrogens (tertiary/aromatic N) is 2. The summed E-state index contributed by atoms with van der Waals surface area (Å²) in [5, 5.41) is 10.5. The molecule has 2 aliphatic rings. The number of rotatable bonds is 4. The minimum absolute atomic E-state index is 0.181. The maximum absolute atomic E-state index is 11.9. The normalized spacial score (nSPS) is 20.0. The van der Waals surface area contributed by atoms with Crippen molar-refractivity contribution in [1.29, 1.82) is 0 Å². The molecule has 0 aromatic heterocycles. The standard InChI is InChI=1S/C18H26N2O2/c1-2-18(22)20-11-8-14-12-15(6-7-16(14)20)17(21)13-19-9-4-3-5-10-19/h6-7,12,17,21H,2-5,8-11,13H2,1H3. The van der Waals surface area contributed by atoms with Gasteiger partial charge in [0, 0.05) is 25.2 Å². The molecule has 22 heavy (non-hydrogen) atoms. The number of hydrogen-bond donors (Lipinski definition) is 1. The molecule has 2 aliphatic heterocycles. The number of β-amino-alcohol motifs (C(OH)–C–C–N with tert-alkyl or cyclic N) is 1. The number of aliphatic hydroxyl groups excluding tert-OH is 1. The lowest BCUT2D eigenvalue weighted by molar-refractivity contribution is -0.118. The van der Waals surface area contributed by atoms with Crippen LogP contribution in [0.1, 0.15) is 49.8 Å². The first kappa shape index (κ1) is 15.5. The van der Waals surface area contributed by atoms with Crippen molar-refractivity contribution in [3.05, 3.63) is 29.3 Å². The predicted molar refractivity (Wildman–Crippen MR) is 88.0 cm³/mol. The van der Waals surface area contributed by atoms with E-state index in [4.69, 9.17) is 0 Å². The molecule has 0 bridgehead atoms. The van der Waals surface area contributed by atoms with Crippen LogP contribution >= 0.6 is 0 Å². The van der Waals surface area contributed by atoms with Gasteiger partial charge in [-0.25, -0.2) is 0 Å². The molecule has 0 aliphatic carbocycles. The van der Waals surface area contributed by atoms with Gasteiger partial charge in [-0.05, 0) is 49.5 Å². The second-order valence-corrected chi connectivity index (χ2v) is 6.41. The highest BCUT2D eigenvalue weighted by Gasteiger charge is 2.25. The summed E-state index contributed by atoms with van der Waals surface area (Å²) in [5.74, 6) is 0.181. The van der Waals surface area contributed by atoms with Crippen LogP contribution in [0.15, 0.2) is 18.2 Å². The maximum atomic E-state index is 11.9. The first-order valence-electron chi connectivity index (χ1n) is 8.52. The quantitative estimate of drug-likeness (QED) is 0.929. The van der Waals surface area contributed by atoms with E-state index in [-0.39, 0.29) is 5.91 Å². The first-order chi connectivity index (χ1) is 10.7. The van der Waals surface area contributed by atoms with Gasteiger partial charge in [0.2, 0.25) is 5.91 Å². The fraction of sp³-hybridized carbons (Fsp3) is 0.611. The van der Waals surface area contributed by atoms with Crippen molar-refractivity contribution in [2.45, 2.75) is 45.1 Å². The number of carbonyl (C=O) groups excluding carboxylic acids is 1.